The predicted octanol–water partition coefficient (Wildman–Crippen LogP) is 3.95. The van der Waals surface area contributed by atoms with E-state index in [1.54, 1.807) is 24.3 Å². The Balaban J connectivity index is 2.09. The molecule has 0 saturated carbocycles. The van der Waals surface area contributed by atoms with Gasteiger partial charge in [-0.15, -0.1) is 0 Å². The lowest BCUT2D eigenvalue weighted by Crippen LogP contribution is -2.12. The molecule has 0 amide bonds. The number of Topliss-reactive ketones (excluding diaryl/α,β-unsaturated/α-hetero) is 1. The molecule has 0 heterocycles. The topological polar surface area (TPSA) is 37.3 Å². The SMILES string of the molecule is CCCCc1ccc(C(O)C(=O)c2ccccc2)cc1. The summed E-state index contributed by atoms with van der Waals surface area (Å²) < 4.78 is 0. The highest BCUT2D eigenvalue weighted by molar-refractivity contribution is 5.99. The standard InChI is InChI=1S/C18H20O2/c1-2-3-7-14-10-12-16(13-11-14)18(20)17(19)15-8-5-4-6-9-15/h4-6,8-13,18,20H,2-3,7H2,1H3. The Morgan fingerprint density at radius 3 is 2.30 bits per heavy atom. The summed E-state index contributed by atoms with van der Waals surface area (Å²) in [6.07, 6.45) is 2.28. The molecule has 2 aromatic rings. The van der Waals surface area contributed by atoms with Gasteiger partial charge in [-0.3, -0.25) is 4.79 Å². The summed E-state index contributed by atoms with van der Waals surface area (Å²) in [7, 11) is 0. The summed E-state index contributed by atoms with van der Waals surface area (Å²) in [6, 6.07) is 16.6. The molecule has 1 unspecified atom stereocenters. The second kappa shape index (κ2) is 7.01. The van der Waals surface area contributed by atoms with E-state index in [4.69, 9.17) is 0 Å². The van der Waals surface area contributed by atoms with Gasteiger partial charge in [0.1, 0.15) is 6.10 Å². The van der Waals surface area contributed by atoms with Crippen molar-refractivity contribution in [3.05, 3.63) is 71.3 Å². The number of aliphatic hydroxyl groups excluding tert-OH is 1. The lowest BCUT2D eigenvalue weighted by Gasteiger charge is -2.11. The van der Waals surface area contributed by atoms with Crippen LogP contribution in [-0.4, -0.2) is 10.9 Å². The van der Waals surface area contributed by atoms with E-state index in [0.29, 0.717) is 11.1 Å². The van der Waals surface area contributed by atoms with Crippen LogP contribution in [0.4, 0.5) is 0 Å². The first kappa shape index (κ1) is 14.5. The zero-order valence-electron chi connectivity index (χ0n) is 11.8. The highest BCUT2D eigenvalue weighted by Crippen LogP contribution is 2.19. The fourth-order valence-electron chi connectivity index (χ4n) is 2.16. The Bertz CT molecular complexity index is 543. The maximum absolute atomic E-state index is 12.2. The highest BCUT2D eigenvalue weighted by Gasteiger charge is 2.18. The number of ketones is 1. The van der Waals surface area contributed by atoms with Gasteiger partial charge in [-0.2, -0.15) is 0 Å². The first-order chi connectivity index (χ1) is 9.72. The van der Waals surface area contributed by atoms with Gasteiger partial charge in [-0.25, -0.2) is 0 Å². The van der Waals surface area contributed by atoms with E-state index >= 15 is 0 Å². The van der Waals surface area contributed by atoms with E-state index in [-0.39, 0.29) is 5.78 Å². The number of aliphatic hydroxyl groups is 1. The van der Waals surface area contributed by atoms with Gasteiger partial charge < -0.3 is 5.11 Å². The minimum Gasteiger partial charge on any atom is -0.380 e. The van der Waals surface area contributed by atoms with Crippen LogP contribution < -0.4 is 0 Å². The Kier molecular flexibility index (Phi) is 5.08. The van der Waals surface area contributed by atoms with Crippen LogP contribution in [0.5, 0.6) is 0 Å². The fraction of sp³-hybridized carbons (Fsp3) is 0.278. The van der Waals surface area contributed by atoms with Gasteiger partial charge in [-0.1, -0.05) is 67.9 Å². The van der Waals surface area contributed by atoms with E-state index in [0.717, 1.165) is 19.3 Å². The molecule has 0 aromatic heterocycles. The van der Waals surface area contributed by atoms with Gasteiger partial charge in [0.15, 0.2) is 5.78 Å². The van der Waals surface area contributed by atoms with Gasteiger partial charge in [0.05, 0.1) is 0 Å². The monoisotopic (exact) mass is 268 g/mol. The summed E-state index contributed by atoms with van der Waals surface area (Å²) in [5.74, 6) is -0.257. The molecular weight excluding hydrogens is 248 g/mol. The molecule has 0 spiro atoms. The molecule has 0 radical (unpaired) electrons. The number of carbonyl (C=O) groups excluding carboxylic acids is 1. The lowest BCUT2D eigenvalue weighted by atomic mass is 9.98. The van der Waals surface area contributed by atoms with Gasteiger partial charge in [0.25, 0.3) is 0 Å². The normalized spacial score (nSPS) is 12.1. The molecule has 0 aliphatic carbocycles. The maximum atomic E-state index is 12.2. The first-order valence-corrected chi connectivity index (χ1v) is 7.08. The molecule has 1 N–H and O–H groups in total. The zero-order valence-corrected chi connectivity index (χ0v) is 11.8. The van der Waals surface area contributed by atoms with Crippen molar-refractivity contribution in [2.24, 2.45) is 0 Å². The van der Waals surface area contributed by atoms with Crippen molar-refractivity contribution in [3.8, 4) is 0 Å². The number of aryl methyl sites for hydroxylation is 1. The third kappa shape index (κ3) is 3.55. The molecule has 0 bridgehead atoms. The van der Waals surface area contributed by atoms with Crippen molar-refractivity contribution in [2.75, 3.05) is 0 Å². The van der Waals surface area contributed by atoms with E-state index in [2.05, 4.69) is 6.92 Å². The minimum absolute atomic E-state index is 0.257. The summed E-state index contributed by atoms with van der Waals surface area (Å²) in [4.78, 5) is 12.2. The van der Waals surface area contributed by atoms with Crippen molar-refractivity contribution in [1.82, 2.24) is 0 Å². The van der Waals surface area contributed by atoms with Crippen molar-refractivity contribution in [3.63, 3.8) is 0 Å². The predicted molar refractivity (Wildman–Crippen MR) is 80.8 cm³/mol. The number of unbranched alkanes of at least 4 members (excludes halogenated alkanes) is 1. The Morgan fingerprint density at radius 1 is 1.05 bits per heavy atom. The van der Waals surface area contributed by atoms with Crippen molar-refractivity contribution in [2.45, 2.75) is 32.3 Å². The number of benzene rings is 2. The number of carbonyl (C=O) groups is 1. The molecule has 104 valence electrons. The quantitative estimate of drug-likeness (QED) is 0.805. The summed E-state index contributed by atoms with van der Waals surface area (Å²) in [5.41, 5.74) is 2.43. The number of hydrogen-bond donors (Lipinski definition) is 1. The maximum Gasteiger partial charge on any atom is 0.195 e. The average molecular weight is 268 g/mol. The third-order valence-electron chi connectivity index (χ3n) is 3.42. The van der Waals surface area contributed by atoms with Crippen molar-refractivity contribution < 1.29 is 9.90 Å². The molecule has 2 rings (SSSR count). The van der Waals surface area contributed by atoms with Crippen LogP contribution in [0.2, 0.25) is 0 Å². The summed E-state index contributed by atoms with van der Waals surface area (Å²) in [6.45, 7) is 2.16. The van der Waals surface area contributed by atoms with Gasteiger partial charge in [0, 0.05) is 5.56 Å². The van der Waals surface area contributed by atoms with Crippen molar-refractivity contribution in [1.29, 1.82) is 0 Å². The Hall–Kier alpha value is -1.93. The van der Waals surface area contributed by atoms with Crippen LogP contribution in [-0.2, 0) is 6.42 Å². The largest absolute Gasteiger partial charge is 0.380 e. The lowest BCUT2D eigenvalue weighted by molar-refractivity contribution is 0.0747. The van der Waals surface area contributed by atoms with Gasteiger partial charge in [0.2, 0.25) is 0 Å². The van der Waals surface area contributed by atoms with Gasteiger partial charge in [-0.05, 0) is 24.0 Å². The molecule has 0 aliphatic heterocycles. The third-order valence-corrected chi connectivity index (χ3v) is 3.42. The molecule has 0 aliphatic rings. The highest BCUT2D eigenvalue weighted by atomic mass is 16.3. The van der Waals surface area contributed by atoms with Crippen LogP contribution in [0, 0.1) is 0 Å². The second-order valence-corrected chi connectivity index (χ2v) is 4.98. The van der Waals surface area contributed by atoms with Crippen LogP contribution in [0.15, 0.2) is 54.6 Å². The zero-order chi connectivity index (χ0) is 14.4. The fourth-order valence-corrected chi connectivity index (χ4v) is 2.16. The molecule has 0 saturated heterocycles. The smallest absolute Gasteiger partial charge is 0.195 e. The van der Waals surface area contributed by atoms with E-state index in [1.807, 2.05) is 30.3 Å². The molecule has 0 fully saturated rings. The number of rotatable bonds is 6. The van der Waals surface area contributed by atoms with Crippen LogP contribution in [0.25, 0.3) is 0 Å². The van der Waals surface area contributed by atoms with E-state index in [9.17, 15) is 9.90 Å². The van der Waals surface area contributed by atoms with E-state index in [1.165, 1.54) is 5.56 Å². The average Bonchev–Trinajstić information content (AvgIpc) is 2.53. The number of hydrogen-bond acceptors (Lipinski definition) is 2. The van der Waals surface area contributed by atoms with E-state index < -0.39 is 6.10 Å². The molecule has 2 nitrogen and oxygen atoms in total. The molecule has 2 aromatic carbocycles. The van der Waals surface area contributed by atoms with Crippen LogP contribution >= 0.6 is 0 Å². The summed E-state index contributed by atoms with van der Waals surface area (Å²) in [5, 5.41) is 10.2. The molecule has 20 heavy (non-hydrogen) atoms. The minimum atomic E-state index is -1.09. The molecular formula is C18H20O2. The molecule has 1 atom stereocenters. The Labute approximate surface area is 120 Å². The first-order valence-electron chi connectivity index (χ1n) is 7.08. The van der Waals surface area contributed by atoms with Crippen molar-refractivity contribution >= 4 is 5.78 Å². The van der Waals surface area contributed by atoms with Crippen LogP contribution in [0.1, 0.15) is 47.4 Å². The van der Waals surface area contributed by atoms with Gasteiger partial charge >= 0.3 is 0 Å². The molecule has 2 heteroatoms. The Morgan fingerprint density at radius 2 is 1.70 bits per heavy atom. The summed E-state index contributed by atoms with van der Waals surface area (Å²) >= 11 is 0. The second-order valence-electron chi connectivity index (χ2n) is 4.98. The van der Waals surface area contributed by atoms with Crippen LogP contribution in [0.3, 0.4) is 0 Å².